The van der Waals surface area contributed by atoms with Crippen LogP contribution in [0.5, 0.6) is 0 Å². The summed E-state index contributed by atoms with van der Waals surface area (Å²) in [4.78, 5) is 13.8. The molecule has 104 valence electrons. The Bertz CT molecular complexity index is 453. The van der Waals surface area contributed by atoms with Crippen molar-refractivity contribution in [1.29, 1.82) is 0 Å². The molecule has 4 nitrogen and oxygen atoms in total. The lowest BCUT2D eigenvalue weighted by Crippen LogP contribution is -2.40. The zero-order valence-electron chi connectivity index (χ0n) is 11.0. The average molecular weight is 266 g/mol. The molecule has 2 N–H and O–H groups in total. The lowest BCUT2D eigenvalue weighted by molar-refractivity contribution is -0.117. The molecule has 1 aromatic rings. The minimum Gasteiger partial charge on any atom is -0.395 e. The van der Waals surface area contributed by atoms with Gasteiger partial charge in [0.25, 0.3) is 0 Å². The largest absolute Gasteiger partial charge is 0.395 e. The number of para-hydroxylation sites is 1. The molecule has 2 rings (SSSR count). The van der Waals surface area contributed by atoms with Gasteiger partial charge in [-0.2, -0.15) is 0 Å². The van der Waals surface area contributed by atoms with Gasteiger partial charge in [0, 0.05) is 6.04 Å². The van der Waals surface area contributed by atoms with Gasteiger partial charge in [-0.25, -0.2) is 4.39 Å². The second-order valence-corrected chi connectivity index (χ2v) is 5.01. The number of amides is 1. The monoisotopic (exact) mass is 266 g/mol. The zero-order chi connectivity index (χ0) is 13.8. The third kappa shape index (κ3) is 3.30. The van der Waals surface area contributed by atoms with Gasteiger partial charge in [0.1, 0.15) is 5.82 Å². The van der Waals surface area contributed by atoms with Crippen LogP contribution in [0.3, 0.4) is 0 Å². The maximum absolute atomic E-state index is 13.4. The minimum atomic E-state index is -0.440. The molecule has 0 aromatic heterocycles. The van der Waals surface area contributed by atoms with E-state index in [-0.39, 0.29) is 30.8 Å². The molecule has 5 heteroatoms. The Morgan fingerprint density at radius 3 is 2.95 bits per heavy atom. The summed E-state index contributed by atoms with van der Waals surface area (Å²) in [5, 5.41) is 11.9. The highest BCUT2D eigenvalue weighted by Gasteiger charge is 2.31. The first-order valence-electron chi connectivity index (χ1n) is 6.51. The van der Waals surface area contributed by atoms with Crippen LogP contribution in [0.4, 0.5) is 10.1 Å². The first-order chi connectivity index (χ1) is 9.11. The van der Waals surface area contributed by atoms with E-state index >= 15 is 0 Å². The molecule has 0 saturated carbocycles. The van der Waals surface area contributed by atoms with Gasteiger partial charge in [0.2, 0.25) is 5.91 Å². The fourth-order valence-electron chi connectivity index (χ4n) is 2.52. The second kappa shape index (κ2) is 6.12. The van der Waals surface area contributed by atoms with E-state index in [1.165, 1.54) is 12.1 Å². The van der Waals surface area contributed by atoms with E-state index in [9.17, 15) is 14.3 Å². The number of halogens is 1. The van der Waals surface area contributed by atoms with Crippen molar-refractivity contribution < 1.29 is 14.3 Å². The van der Waals surface area contributed by atoms with Crippen LogP contribution in [0.25, 0.3) is 0 Å². The highest BCUT2D eigenvalue weighted by Crippen LogP contribution is 2.23. The Labute approximate surface area is 112 Å². The average Bonchev–Trinajstić information content (AvgIpc) is 2.72. The number of aliphatic hydroxyl groups is 1. The zero-order valence-corrected chi connectivity index (χ0v) is 11.0. The van der Waals surface area contributed by atoms with E-state index in [1.807, 2.05) is 4.90 Å². The minimum absolute atomic E-state index is 0.0198. The molecule has 2 unspecified atom stereocenters. The van der Waals surface area contributed by atoms with Crippen molar-refractivity contribution in [1.82, 2.24) is 4.90 Å². The van der Waals surface area contributed by atoms with E-state index in [1.54, 1.807) is 12.1 Å². The summed E-state index contributed by atoms with van der Waals surface area (Å²) in [6.45, 7) is 3.09. The normalized spacial score (nSPS) is 23.5. The van der Waals surface area contributed by atoms with Crippen molar-refractivity contribution in [3.63, 3.8) is 0 Å². The first-order valence-corrected chi connectivity index (χ1v) is 6.51. The number of carbonyl (C=O) groups excluding carboxylic acids is 1. The molecule has 2 atom stereocenters. The molecule has 1 amide bonds. The molecule has 1 saturated heterocycles. The molecule has 0 aliphatic carbocycles. The van der Waals surface area contributed by atoms with Crippen molar-refractivity contribution in [3.8, 4) is 0 Å². The number of benzene rings is 1. The molecule has 1 aromatic carbocycles. The van der Waals surface area contributed by atoms with Crippen LogP contribution in [-0.2, 0) is 4.79 Å². The van der Waals surface area contributed by atoms with E-state index in [4.69, 9.17) is 0 Å². The van der Waals surface area contributed by atoms with Crippen molar-refractivity contribution >= 4 is 11.6 Å². The summed E-state index contributed by atoms with van der Waals surface area (Å²) in [6, 6.07) is 6.11. The smallest absolute Gasteiger partial charge is 0.238 e. The van der Waals surface area contributed by atoms with Gasteiger partial charge in [-0.05, 0) is 31.0 Å². The predicted octanol–water partition coefficient (Wildman–Crippen LogP) is 1.47. The maximum Gasteiger partial charge on any atom is 0.238 e. The number of nitrogens with zero attached hydrogens (tertiary/aromatic N) is 1. The molecule has 1 heterocycles. The molecular weight excluding hydrogens is 247 g/mol. The number of rotatable bonds is 4. The summed E-state index contributed by atoms with van der Waals surface area (Å²) in [7, 11) is 0. The summed E-state index contributed by atoms with van der Waals surface area (Å²) < 4.78 is 13.4. The second-order valence-electron chi connectivity index (χ2n) is 5.01. The van der Waals surface area contributed by atoms with Crippen LogP contribution in [-0.4, -0.2) is 41.7 Å². The third-order valence-corrected chi connectivity index (χ3v) is 3.68. The van der Waals surface area contributed by atoms with Gasteiger partial charge in [-0.1, -0.05) is 19.1 Å². The molecule has 19 heavy (non-hydrogen) atoms. The van der Waals surface area contributed by atoms with Crippen molar-refractivity contribution in [2.45, 2.75) is 19.4 Å². The molecule has 1 aliphatic rings. The molecule has 0 radical (unpaired) electrons. The van der Waals surface area contributed by atoms with Gasteiger partial charge in [-0.3, -0.25) is 9.69 Å². The highest BCUT2D eigenvalue weighted by atomic mass is 19.1. The van der Waals surface area contributed by atoms with Gasteiger partial charge in [-0.15, -0.1) is 0 Å². The molecule has 0 spiro atoms. The third-order valence-electron chi connectivity index (χ3n) is 3.68. The van der Waals surface area contributed by atoms with Crippen LogP contribution in [0, 0.1) is 11.7 Å². The first kappa shape index (κ1) is 14.0. The van der Waals surface area contributed by atoms with Gasteiger partial charge >= 0.3 is 0 Å². The van der Waals surface area contributed by atoms with Crippen molar-refractivity contribution in [2.24, 2.45) is 5.92 Å². The van der Waals surface area contributed by atoms with Crippen LogP contribution >= 0.6 is 0 Å². The number of likely N-dealkylation sites (tertiary alicyclic amines) is 1. The molecule has 1 fully saturated rings. The van der Waals surface area contributed by atoms with Crippen molar-refractivity contribution in [2.75, 3.05) is 25.0 Å². The number of hydrogen-bond acceptors (Lipinski definition) is 3. The summed E-state index contributed by atoms with van der Waals surface area (Å²) in [5.41, 5.74) is 0.195. The topological polar surface area (TPSA) is 52.6 Å². The van der Waals surface area contributed by atoms with E-state index < -0.39 is 5.82 Å². The number of hydrogen-bond donors (Lipinski definition) is 2. The summed E-state index contributed by atoms with van der Waals surface area (Å²) >= 11 is 0. The Morgan fingerprint density at radius 1 is 1.53 bits per heavy atom. The lowest BCUT2D eigenvalue weighted by atomic mass is 10.0. The van der Waals surface area contributed by atoms with Crippen LogP contribution in [0.15, 0.2) is 24.3 Å². The summed E-state index contributed by atoms with van der Waals surface area (Å²) in [5.74, 6) is -0.312. The van der Waals surface area contributed by atoms with E-state index in [2.05, 4.69) is 12.2 Å². The van der Waals surface area contributed by atoms with Crippen LogP contribution < -0.4 is 5.32 Å². The SMILES string of the molecule is CC1CCN(CC(=O)Nc2ccccc2F)C1CO. The van der Waals surface area contributed by atoms with Crippen LogP contribution in [0.1, 0.15) is 13.3 Å². The summed E-state index contributed by atoms with van der Waals surface area (Å²) in [6.07, 6.45) is 0.970. The Kier molecular flexibility index (Phi) is 4.50. The molecular formula is C14H19FN2O2. The fraction of sp³-hybridized carbons (Fsp3) is 0.500. The van der Waals surface area contributed by atoms with Crippen molar-refractivity contribution in [3.05, 3.63) is 30.1 Å². The van der Waals surface area contributed by atoms with E-state index in [0.717, 1.165) is 13.0 Å². The Morgan fingerprint density at radius 2 is 2.26 bits per heavy atom. The Balaban J connectivity index is 1.93. The number of anilines is 1. The number of aliphatic hydroxyl groups excluding tert-OH is 1. The van der Waals surface area contributed by atoms with Gasteiger partial charge < -0.3 is 10.4 Å². The molecule has 1 aliphatic heterocycles. The number of carbonyl (C=O) groups is 1. The number of nitrogens with one attached hydrogen (secondary N) is 1. The Hall–Kier alpha value is -1.46. The standard InChI is InChI=1S/C14H19FN2O2/c1-10-6-7-17(13(10)9-18)8-14(19)16-12-5-3-2-4-11(12)15/h2-5,10,13,18H,6-9H2,1H3,(H,16,19). The van der Waals surface area contributed by atoms with Gasteiger partial charge in [0.05, 0.1) is 18.8 Å². The van der Waals surface area contributed by atoms with E-state index in [0.29, 0.717) is 5.92 Å². The highest BCUT2D eigenvalue weighted by molar-refractivity contribution is 5.92. The molecule has 0 bridgehead atoms. The predicted molar refractivity (Wildman–Crippen MR) is 71.3 cm³/mol. The lowest BCUT2D eigenvalue weighted by Gasteiger charge is -2.24. The maximum atomic E-state index is 13.4. The fourth-order valence-corrected chi connectivity index (χ4v) is 2.52. The van der Waals surface area contributed by atoms with Gasteiger partial charge in [0.15, 0.2) is 0 Å². The quantitative estimate of drug-likeness (QED) is 0.867. The van der Waals surface area contributed by atoms with Crippen LogP contribution in [0.2, 0.25) is 0 Å².